The summed E-state index contributed by atoms with van der Waals surface area (Å²) in [4.78, 5) is 18.6. The van der Waals surface area contributed by atoms with Crippen LogP contribution in [0, 0.1) is 0 Å². The van der Waals surface area contributed by atoms with Crippen LogP contribution in [0.1, 0.15) is 37.6 Å². The highest BCUT2D eigenvalue weighted by atomic mass is 16.6. The van der Waals surface area contributed by atoms with E-state index in [1.165, 1.54) is 0 Å². The van der Waals surface area contributed by atoms with E-state index < -0.39 is 5.60 Å². The molecule has 1 aromatic carbocycles. The molecule has 0 atom stereocenters. The number of hydrogen-bond donors (Lipinski definition) is 1. The number of amides is 1. The number of benzene rings is 1. The van der Waals surface area contributed by atoms with Gasteiger partial charge in [0.15, 0.2) is 0 Å². The van der Waals surface area contributed by atoms with Crippen molar-refractivity contribution in [2.75, 3.05) is 13.2 Å². The fraction of sp³-hybridized carbons (Fsp3) is 0.429. The van der Waals surface area contributed by atoms with Gasteiger partial charge in [0.05, 0.1) is 12.2 Å². The first kappa shape index (κ1) is 19.9. The van der Waals surface area contributed by atoms with E-state index in [0.29, 0.717) is 25.9 Å². The number of ether oxygens (including phenoxy) is 1. The summed E-state index contributed by atoms with van der Waals surface area (Å²) in [6.07, 6.45) is 2.74. The maximum atomic E-state index is 12.6. The molecular weight excluding hydrogens is 328 g/mol. The van der Waals surface area contributed by atoms with Gasteiger partial charge in [0.2, 0.25) is 0 Å². The van der Waals surface area contributed by atoms with E-state index >= 15 is 0 Å². The first-order valence-corrected chi connectivity index (χ1v) is 8.94. The van der Waals surface area contributed by atoms with E-state index in [4.69, 9.17) is 9.84 Å². The summed E-state index contributed by atoms with van der Waals surface area (Å²) in [5.74, 6) is 0. The molecule has 2 aromatic rings. The molecular formula is C21H28N2O3. The lowest BCUT2D eigenvalue weighted by Gasteiger charge is -2.27. The van der Waals surface area contributed by atoms with E-state index in [2.05, 4.69) is 11.1 Å². The van der Waals surface area contributed by atoms with Crippen LogP contribution in [0.3, 0.4) is 0 Å². The third-order valence-corrected chi connectivity index (χ3v) is 3.79. The molecule has 26 heavy (non-hydrogen) atoms. The molecule has 0 radical (unpaired) electrons. The van der Waals surface area contributed by atoms with Crippen LogP contribution in [0.5, 0.6) is 0 Å². The van der Waals surface area contributed by atoms with Gasteiger partial charge in [-0.25, -0.2) is 4.79 Å². The van der Waals surface area contributed by atoms with Crippen molar-refractivity contribution in [1.82, 2.24) is 9.88 Å². The van der Waals surface area contributed by atoms with Crippen LogP contribution in [-0.4, -0.2) is 39.8 Å². The molecule has 0 unspecified atom stereocenters. The number of carbonyl (C=O) groups excluding carboxylic acids is 1. The van der Waals surface area contributed by atoms with Gasteiger partial charge < -0.3 is 14.7 Å². The van der Waals surface area contributed by atoms with Gasteiger partial charge in [-0.2, -0.15) is 0 Å². The van der Waals surface area contributed by atoms with Crippen LogP contribution in [0.4, 0.5) is 4.79 Å². The number of aliphatic hydroxyl groups is 1. The van der Waals surface area contributed by atoms with Gasteiger partial charge in [-0.1, -0.05) is 30.3 Å². The molecule has 0 aliphatic heterocycles. The van der Waals surface area contributed by atoms with Crippen molar-refractivity contribution in [3.63, 3.8) is 0 Å². The molecule has 5 nitrogen and oxygen atoms in total. The Kier molecular flexibility index (Phi) is 7.16. The molecule has 5 heteroatoms. The van der Waals surface area contributed by atoms with Gasteiger partial charge in [-0.3, -0.25) is 4.98 Å². The maximum Gasteiger partial charge on any atom is 0.410 e. The monoisotopic (exact) mass is 356 g/mol. The average molecular weight is 356 g/mol. The molecule has 0 saturated carbocycles. The Hall–Kier alpha value is -2.40. The highest BCUT2D eigenvalue weighted by Gasteiger charge is 2.22. The zero-order valence-electron chi connectivity index (χ0n) is 15.8. The van der Waals surface area contributed by atoms with Crippen LogP contribution in [0.2, 0.25) is 0 Å². The van der Waals surface area contributed by atoms with E-state index in [1.807, 2.05) is 57.2 Å². The SMILES string of the molecule is CC(C)(C)OC(=O)N(CCc1cccc(CCO)c1)Cc1ccccn1. The zero-order chi connectivity index (χ0) is 19.0. The number of hydrogen-bond acceptors (Lipinski definition) is 4. The van der Waals surface area contributed by atoms with Gasteiger partial charge in [0.1, 0.15) is 5.60 Å². The zero-order valence-corrected chi connectivity index (χ0v) is 15.8. The Morgan fingerprint density at radius 3 is 2.46 bits per heavy atom. The third-order valence-electron chi connectivity index (χ3n) is 3.79. The summed E-state index contributed by atoms with van der Waals surface area (Å²) in [7, 11) is 0. The minimum Gasteiger partial charge on any atom is -0.444 e. The van der Waals surface area contributed by atoms with E-state index in [-0.39, 0.29) is 12.7 Å². The lowest BCUT2D eigenvalue weighted by molar-refractivity contribution is 0.0233. The number of aromatic nitrogens is 1. The predicted molar refractivity (Wildman–Crippen MR) is 102 cm³/mol. The average Bonchev–Trinajstić information content (AvgIpc) is 2.58. The molecule has 2 rings (SSSR count). The van der Waals surface area contributed by atoms with Crippen LogP contribution in [0.15, 0.2) is 48.7 Å². The molecule has 140 valence electrons. The van der Waals surface area contributed by atoms with Crippen LogP contribution in [-0.2, 0) is 24.1 Å². The van der Waals surface area contributed by atoms with Crippen molar-refractivity contribution in [2.45, 2.75) is 45.8 Å². The van der Waals surface area contributed by atoms with Gasteiger partial charge in [0.25, 0.3) is 0 Å². The summed E-state index contributed by atoms with van der Waals surface area (Å²) >= 11 is 0. The van der Waals surface area contributed by atoms with E-state index in [0.717, 1.165) is 16.8 Å². The third kappa shape index (κ3) is 6.84. The van der Waals surface area contributed by atoms with Crippen LogP contribution < -0.4 is 0 Å². The lowest BCUT2D eigenvalue weighted by atomic mass is 10.1. The van der Waals surface area contributed by atoms with Gasteiger partial charge >= 0.3 is 6.09 Å². The molecule has 0 saturated heterocycles. The summed E-state index contributed by atoms with van der Waals surface area (Å²) in [5.41, 5.74) is 2.51. The summed E-state index contributed by atoms with van der Waals surface area (Å²) < 4.78 is 5.55. The number of rotatable bonds is 7. The molecule has 0 spiro atoms. The molecule has 1 heterocycles. The Bertz CT molecular complexity index is 696. The highest BCUT2D eigenvalue weighted by Crippen LogP contribution is 2.14. The van der Waals surface area contributed by atoms with Crippen LogP contribution >= 0.6 is 0 Å². The van der Waals surface area contributed by atoms with E-state index in [9.17, 15) is 4.79 Å². The summed E-state index contributed by atoms with van der Waals surface area (Å²) in [6.45, 7) is 6.67. The second-order valence-electron chi connectivity index (χ2n) is 7.27. The lowest BCUT2D eigenvalue weighted by Crippen LogP contribution is -2.37. The predicted octanol–water partition coefficient (Wildman–Crippen LogP) is 3.60. The molecule has 0 aliphatic rings. The Morgan fingerprint density at radius 2 is 1.85 bits per heavy atom. The second kappa shape index (κ2) is 9.34. The number of carbonyl (C=O) groups is 1. The smallest absolute Gasteiger partial charge is 0.410 e. The van der Waals surface area contributed by atoms with Gasteiger partial charge in [-0.05, 0) is 56.9 Å². The molecule has 1 aromatic heterocycles. The van der Waals surface area contributed by atoms with Gasteiger partial charge in [-0.15, -0.1) is 0 Å². The van der Waals surface area contributed by atoms with Crippen molar-refractivity contribution < 1.29 is 14.6 Å². The quantitative estimate of drug-likeness (QED) is 0.823. The number of pyridine rings is 1. The first-order chi connectivity index (χ1) is 12.4. The maximum absolute atomic E-state index is 12.6. The fourth-order valence-corrected chi connectivity index (χ4v) is 2.58. The van der Waals surface area contributed by atoms with Crippen molar-refractivity contribution in [3.8, 4) is 0 Å². The number of nitrogens with zero attached hydrogens (tertiary/aromatic N) is 2. The first-order valence-electron chi connectivity index (χ1n) is 8.94. The summed E-state index contributed by atoms with van der Waals surface area (Å²) in [6, 6.07) is 13.8. The Labute approximate surface area is 155 Å². The fourth-order valence-electron chi connectivity index (χ4n) is 2.58. The topological polar surface area (TPSA) is 62.7 Å². The summed E-state index contributed by atoms with van der Waals surface area (Å²) in [5, 5.41) is 9.10. The standard InChI is InChI=1S/C21H28N2O3/c1-21(2,3)26-20(25)23(16-19-9-4-5-12-22-19)13-10-17-7-6-8-18(15-17)11-14-24/h4-9,12,15,24H,10-11,13-14,16H2,1-3H3. The van der Waals surface area contributed by atoms with Crippen molar-refractivity contribution in [1.29, 1.82) is 0 Å². The molecule has 0 bridgehead atoms. The van der Waals surface area contributed by atoms with Crippen molar-refractivity contribution in [2.24, 2.45) is 0 Å². The molecule has 1 N–H and O–H groups in total. The largest absolute Gasteiger partial charge is 0.444 e. The van der Waals surface area contributed by atoms with Crippen molar-refractivity contribution in [3.05, 3.63) is 65.5 Å². The molecule has 1 amide bonds. The van der Waals surface area contributed by atoms with E-state index in [1.54, 1.807) is 11.1 Å². The Balaban J connectivity index is 2.07. The second-order valence-corrected chi connectivity index (χ2v) is 7.27. The molecule has 0 fully saturated rings. The molecule has 0 aliphatic carbocycles. The number of aliphatic hydroxyl groups excluding tert-OH is 1. The van der Waals surface area contributed by atoms with Gasteiger partial charge in [0, 0.05) is 19.3 Å². The highest BCUT2D eigenvalue weighted by molar-refractivity contribution is 5.68. The Morgan fingerprint density at radius 1 is 1.12 bits per heavy atom. The minimum absolute atomic E-state index is 0.132. The van der Waals surface area contributed by atoms with Crippen molar-refractivity contribution >= 4 is 6.09 Å². The van der Waals surface area contributed by atoms with Crippen LogP contribution in [0.25, 0.3) is 0 Å². The minimum atomic E-state index is -0.541. The normalized spacial score (nSPS) is 11.2.